The first-order chi connectivity index (χ1) is 7.24. The summed E-state index contributed by atoms with van der Waals surface area (Å²) >= 11 is 0. The Balaban J connectivity index is 0. The van der Waals surface area contributed by atoms with E-state index in [1.54, 1.807) is 12.1 Å². The molecule has 0 unspecified atom stereocenters. The van der Waals surface area contributed by atoms with Crippen LogP contribution in [0.2, 0.25) is 0 Å². The zero-order chi connectivity index (χ0) is 13.9. The van der Waals surface area contributed by atoms with Crippen LogP contribution in [0.1, 0.15) is 5.56 Å². The van der Waals surface area contributed by atoms with Crippen molar-refractivity contribution in [3.8, 4) is 0 Å². The second kappa shape index (κ2) is 6.31. The molecule has 1 aromatic carbocycles. The molecule has 0 saturated carbocycles. The van der Waals surface area contributed by atoms with Crippen LogP contribution >= 0.6 is 8.16 Å². The van der Waals surface area contributed by atoms with Crippen molar-refractivity contribution in [3.05, 3.63) is 29.8 Å². The summed E-state index contributed by atoms with van der Waals surface area (Å²) in [6.07, 6.45) is 0. The van der Waals surface area contributed by atoms with Crippen LogP contribution in [0.3, 0.4) is 0 Å². The van der Waals surface area contributed by atoms with Crippen molar-refractivity contribution in [2.24, 2.45) is 0 Å². The Labute approximate surface area is 113 Å². The number of hydrogen-bond donors (Lipinski definition) is 1. The van der Waals surface area contributed by atoms with E-state index in [1.807, 2.05) is 6.92 Å². The summed E-state index contributed by atoms with van der Waals surface area (Å²) in [7, 11) is -12.6. The molecular formula is C7H9F5LiO3PS. The van der Waals surface area contributed by atoms with Gasteiger partial charge in [-0.05, 0) is 19.1 Å². The number of hydrogen-bond acceptors (Lipinski definition) is 2. The molecule has 0 atom stereocenters. The Morgan fingerprint density at radius 3 is 1.50 bits per heavy atom. The fourth-order valence-corrected chi connectivity index (χ4v) is 1.19. The van der Waals surface area contributed by atoms with Gasteiger partial charge in [0.1, 0.15) is 0 Å². The monoisotopic (exact) mass is 306 g/mol. The van der Waals surface area contributed by atoms with E-state index in [1.165, 1.54) is 12.1 Å². The molecule has 0 bridgehead atoms. The van der Waals surface area contributed by atoms with Crippen molar-refractivity contribution in [2.45, 2.75) is 11.8 Å². The van der Waals surface area contributed by atoms with Gasteiger partial charge in [-0.1, -0.05) is 17.7 Å². The van der Waals surface area contributed by atoms with Crippen molar-refractivity contribution in [2.75, 3.05) is 0 Å². The maximum atomic E-state index is 10.5. The van der Waals surface area contributed by atoms with Gasteiger partial charge in [0.15, 0.2) is 0 Å². The van der Waals surface area contributed by atoms with E-state index in [2.05, 4.69) is 0 Å². The number of rotatable bonds is 1. The molecule has 1 N–H and O–H groups in total. The SMILES string of the molecule is Cc1ccc(S(=O)(=O)O)cc1.FP(F)(F)(F)F.[LiH]. The first-order valence-electron chi connectivity index (χ1n) is 3.89. The molecule has 0 aliphatic carbocycles. The third kappa shape index (κ3) is 13.9. The molecule has 1 aromatic rings. The zero-order valence-corrected chi connectivity index (χ0v) is 10.0. The molecule has 0 saturated heterocycles. The summed E-state index contributed by atoms with van der Waals surface area (Å²) in [5, 5.41) is 0. The van der Waals surface area contributed by atoms with E-state index >= 15 is 0 Å². The number of benzene rings is 1. The van der Waals surface area contributed by atoms with Gasteiger partial charge < -0.3 is 0 Å². The first-order valence-corrected chi connectivity index (χ1v) is 7.02. The summed E-state index contributed by atoms with van der Waals surface area (Å²) in [6, 6.07) is 5.99. The van der Waals surface area contributed by atoms with Gasteiger partial charge in [0, 0.05) is 0 Å². The van der Waals surface area contributed by atoms with Crippen LogP contribution in [-0.2, 0) is 10.1 Å². The van der Waals surface area contributed by atoms with Gasteiger partial charge in [0.25, 0.3) is 10.1 Å². The molecule has 0 radical (unpaired) electrons. The van der Waals surface area contributed by atoms with Gasteiger partial charge in [-0.25, -0.2) is 0 Å². The van der Waals surface area contributed by atoms with Gasteiger partial charge in [0.05, 0.1) is 4.90 Å². The average Bonchev–Trinajstić information content (AvgIpc) is 1.98. The Bertz CT molecular complexity index is 465. The minimum absolute atomic E-state index is 0. The molecule has 18 heavy (non-hydrogen) atoms. The van der Waals surface area contributed by atoms with Crippen molar-refractivity contribution >= 4 is 37.1 Å². The van der Waals surface area contributed by atoms with E-state index in [0.29, 0.717) is 0 Å². The molecule has 0 heterocycles. The van der Waals surface area contributed by atoms with Crippen molar-refractivity contribution in [3.63, 3.8) is 0 Å². The second-order valence-corrected chi connectivity index (χ2v) is 5.63. The third-order valence-corrected chi connectivity index (χ3v) is 2.19. The average molecular weight is 306 g/mol. The van der Waals surface area contributed by atoms with E-state index in [-0.39, 0.29) is 23.8 Å². The predicted molar refractivity (Wildman–Crippen MR) is 60.6 cm³/mol. The number of aryl methyl sites for hydroxylation is 1. The molecule has 0 spiro atoms. The summed E-state index contributed by atoms with van der Waals surface area (Å²) in [4.78, 5) is -0.0666. The summed E-state index contributed by atoms with van der Waals surface area (Å²) in [5.74, 6) is 0. The van der Waals surface area contributed by atoms with Crippen LogP contribution in [0.5, 0.6) is 0 Å². The second-order valence-electron chi connectivity index (χ2n) is 2.93. The summed E-state index contributed by atoms with van der Waals surface area (Å²) < 4.78 is 78.7. The third-order valence-electron chi connectivity index (χ3n) is 1.32. The quantitative estimate of drug-likeness (QED) is 0.373. The topological polar surface area (TPSA) is 54.4 Å². The molecule has 0 aliphatic heterocycles. The van der Waals surface area contributed by atoms with Gasteiger partial charge in [-0.2, -0.15) is 8.42 Å². The first kappa shape index (κ1) is 20.1. The normalized spacial score (nSPS) is 13.4. The van der Waals surface area contributed by atoms with Gasteiger partial charge in [-0.15, -0.1) is 0 Å². The van der Waals surface area contributed by atoms with Crippen LogP contribution in [-0.4, -0.2) is 31.8 Å². The minimum atomic E-state index is -8.55. The predicted octanol–water partition coefficient (Wildman–Crippen LogP) is 3.56. The van der Waals surface area contributed by atoms with E-state index in [4.69, 9.17) is 4.55 Å². The standard InChI is InChI=1S/C7H8O3S.F5P.Li.H/c1-6-2-4-7(5-3-6)11(8,9)10;1-6(2,3,4)5;;/h2-5H,1H3,(H,8,9,10);;;. The molecular weight excluding hydrogens is 297 g/mol. The summed E-state index contributed by atoms with van der Waals surface area (Å²) in [5.41, 5.74) is 0.956. The molecule has 11 heteroatoms. The van der Waals surface area contributed by atoms with Crippen molar-refractivity contribution < 1.29 is 34.0 Å². The Morgan fingerprint density at radius 1 is 1.00 bits per heavy atom. The van der Waals surface area contributed by atoms with Crippen LogP contribution < -0.4 is 0 Å². The molecule has 0 fully saturated rings. The zero-order valence-electron chi connectivity index (χ0n) is 8.32. The van der Waals surface area contributed by atoms with Crippen molar-refractivity contribution in [1.29, 1.82) is 0 Å². The van der Waals surface area contributed by atoms with Crippen LogP contribution in [0.15, 0.2) is 29.2 Å². The molecule has 102 valence electrons. The molecule has 0 aliphatic rings. The maximum absolute atomic E-state index is 10.5. The fourth-order valence-electron chi connectivity index (χ4n) is 0.710. The van der Waals surface area contributed by atoms with Gasteiger partial charge in [-0.3, -0.25) is 4.55 Å². The van der Waals surface area contributed by atoms with Gasteiger partial charge >= 0.3 is 48.0 Å². The van der Waals surface area contributed by atoms with Crippen LogP contribution in [0, 0.1) is 6.92 Å². The molecule has 0 aromatic heterocycles. The number of halogens is 5. The Hall–Kier alpha value is -0.193. The van der Waals surface area contributed by atoms with Crippen LogP contribution in [0.25, 0.3) is 0 Å². The summed E-state index contributed by atoms with van der Waals surface area (Å²) in [6.45, 7) is 1.84. The van der Waals surface area contributed by atoms with E-state index < -0.39 is 18.3 Å². The Morgan fingerprint density at radius 2 is 1.28 bits per heavy atom. The van der Waals surface area contributed by atoms with Crippen LogP contribution in [0.4, 0.5) is 21.0 Å². The van der Waals surface area contributed by atoms with Gasteiger partial charge in [0.2, 0.25) is 0 Å². The molecule has 0 amide bonds. The Kier molecular flexibility index (Phi) is 7.05. The van der Waals surface area contributed by atoms with E-state index in [0.717, 1.165) is 5.56 Å². The molecule has 3 nitrogen and oxygen atoms in total. The molecule has 1 rings (SSSR count). The van der Waals surface area contributed by atoms with Crippen molar-refractivity contribution in [1.82, 2.24) is 0 Å². The fraction of sp³-hybridized carbons (Fsp3) is 0.143. The van der Waals surface area contributed by atoms with E-state index in [9.17, 15) is 29.4 Å².